The number of amides is 2. The third kappa shape index (κ3) is 2.08. The average Bonchev–Trinajstić information content (AvgIpc) is 2.71. The summed E-state index contributed by atoms with van der Waals surface area (Å²) < 4.78 is 14.5. The van der Waals surface area contributed by atoms with Gasteiger partial charge < -0.3 is 0 Å². The fourth-order valence-electron chi connectivity index (χ4n) is 2.15. The Kier molecular flexibility index (Phi) is 3.51. The number of imide groups is 1. The van der Waals surface area contributed by atoms with E-state index in [1.807, 2.05) is 0 Å². The van der Waals surface area contributed by atoms with E-state index in [9.17, 15) is 14.0 Å². The Balaban J connectivity index is 2.23. The summed E-state index contributed by atoms with van der Waals surface area (Å²) in [5.41, 5.74) is 0.204. The molecule has 3 nitrogen and oxygen atoms in total. The van der Waals surface area contributed by atoms with Crippen LogP contribution in [0.1, 0.15) is 20.7 Å². The molecule has 0 atom stereocenters. The second-order valence-corrected chi connectivity index (χ2v) is 5.95. The normalized spacial score (nSPS) is 13.8. The van der Waals surface area contributed by atoms with Gasteiger partial charge in [0.25, 0.3) is 11.8 Å². The molecule has 1 aliphatic rings. The zero-order valence-electron chi connectivity index (χ0n) is 10.2. The van der Waals surface area contributed by atoms with Crippen molar-refractivity contribution >= 4 is 56.6 Å². The summed E-state index contributed by atoms with van der Waals surface area (Å²) >= 11 is 14.6. The molecule has 1 heterocycles. The summed E-state index contributed by atoms with van der Waals surface area (Å²) in [7, 11) is 0. The quantitative estimate of drug-likeness (QED) is 0.403. The van der Waals surface area contributed by atoms with Gasteiger partial charge in [-0.25, -0.2) is 9.29 Å². The van der Waals surface area contributed by atoms with E-state index >= 15 is 0 Å². The molecule has 2 amide bonds. The van der Waals surface area contributed by atoms with Gasteiger partial charge in [-0.2, -0.15) is 0 Å². The number of carbonyl (C=O) groups excluding carboxylic acids is 2. The van der Waals surface area contributed by atoms with Crippen LogP contribution in [0.25, 0.3) is 0 Å². The highest BCUT2D eigenvalue weighted by Gasteiger charge is 2.39. The van der Waals surface area contributed by atoms with Gasteiger partial charge in [-0.15, -0.1) is 0 Å². The molecule has 1 aliphatic heterocycles. The molecule has 2 aromatic rings. The molecule has 21 heavy (non-hydrogen) atoms. The third-order valence-electron chi connectivity index (χ3n) is 3.11. The number of hydrogen-bond acceptors (Lipinski definition) is 2. The predicted molar refractivity (Wildman–Crippen MR) is 81.7 cm³/mol. The van der Waals surface area contributed by atoms with Gasteiger partial charge in [0.2, 0.25) is 0 Å². The second-order valence-electron chi connectivity index (χ2n) is 4.31. The summed E-state index contributed by atoms with van der Waals surface area (Å²) in [5, 5.41) is -0.354. The minimum absolute atomic E-state index is 0.0126. The van der Waals surface area contributed by atoms with Crippen LogP contribution in [-0.2, 0) is 0 Å². The molecule has 0 fully saturated rings. The van der Waals surface area contributed by atoms with E-state index in [0.717, 1.165) is 4.90 Å². The maximum atomic E-state index is 14.4. The number of halogens is 4. The van der Waals surface area contributed by atoms with E-state index in [2.05, 4.69) is 15.9 Å². The number of carbonyl (C=O) groups is 2. The largest absolute Gasteiger partial charge is 0.268 e. The van der Waals surface area contributed by atoms with E-state index < -0.39 is 17.6 Å². The Bertz CT molecular complexity index is 775. The van der Waals surface area contributed by atoms with Gasteiger partial charge >= 0.3 is 0 Å². The van der Waals surface area contributed by atoms with Crippen molar-refractivity contribution < 1.29 is 14.0 Å². The molecule has 106 valence electrons. The molecule has 0 aliphatic carbocycles. The fourth-order valence-corrected chi connectivity index (χ4v) is 3.20. The highest BCUT2D eigenvalue weighted by molar-refractivity contribution is 9.10. The Morgan fingerprint density at radius 2 is 1.57 bits per heavy atom. The van der Waals surface area contributed by atoms with Crippen LogP contribution >= 0.6 is 39.1 Å². The predicted octanol–water partition coefficient (Wildman–Crippen LogP) is 4.70. The Hall–Kier alpha value is -1.43. The standard InChI is InChI=1S/C14H5BrCl2FNO2/c15-8-5-9(16)10(17)11(18)12(8)19-13(20)6-3-1-2-4-7(6)14(19)21/h1-5H. The van der Waals surface area contributed by atoms with Gasteiger partial charge in [0.15, 0.2) is 5.82 Å². The van der Waals surface area contributed by atoms with E-state index in [1.54, 1.807) is 12.1 Å². The lowest BCUT2D eigenvalue weighted by atomic mass is 10.1. The third-order valence-corrected chi connectivity index (χ3v) is 4.48. The summed E-state index contributed by atoms with van der Waals surface area (Å²) in [6.07, 6.45) is 0. The molecule has 0 N–H and O–H groups in total. The van der Waals surface area contributed by atoms with Crippen molar-refractivity contribution in [1.29, 1.82) is 0 Å². The average molecular weight is 389 g/mol. The summed E-state index contributed by atoms with van der Waals surface area (Å²) in [6.45, 7) is 0. The summed E-state index contributed by atoms with van der Waals surface area (Å²) in [4.78, 5) is 25.5. The SMILES string of the molecule is O=C1c2ccccc2C(=O)N1c1c(Br)cc(Cl)c(Cl)c1F. The molecule has 0 saturated heterocycles. The van der Waals surface area contributed by atoms with Crippen LogP contribution in [0.2, 0.25) is 10.0 Å². The van der Waals surface area contributed by atoms with Crippen LogP contribution in [0.15, 0.2) is 34.8 Å². The van der Waals surface area contributed by atoms with Gasteiger partial charge in [0.1, 0.15) is 5.69 Å². The topological polar surface area (TPSA) is 37.4 Å². The lowest BCUT2D eigenvalue weighted by Crippen LogP contribution is -2.30. The van der Waals surface area contributed by atoms with Gasteiger partial charge in [0, 0.05) is 4.47 Å². The van der Waals surface area contributed by atoms with Crippen molar-refractivity contribution in [2.45, 2.75) is 0 Å². The van der Waals surface area contributed by atoms with Crippen LogP contribution in [0.5, 0.6) is 0 Å². The first kappa shape index (κ1) is 14.5. The van der Waals surface area contributed by atoms with Crippen molar-refractivity contribution in [3.05, 3.63) is 61.8 Å². The second kappa shape index (κ2) is 5.09. The summed E-state index contributed by atoms with van der Waals surface area (Å²) in [6, 6.07) is 7.63. The van der Waals surface area contributed by atoms with Crippen LogP contribution in [0, 0.1) is 5.82 Å². The van der Waals surface area contributed by atoms with Gasteiger partial charge in [-0.3, -0.25) is 9.59 Å². The lowest BCUT2D eigenvalue weighted by Gasteiger charge is -2.17. The first-order chi connectivity index (χ1) is 9.93. The Morgan fingerprint density at radius 1 is 1.05 bits per heavy atom. The van der Waals surface area contributed by atoms with E-state index in [1.165, 1.54) is 18.2 Å². The molecule has 0 radical (unpaired) electrons. The number of rotatable bonds is 1. The lowest BCUT2D eigenvalue weighted by molar-refractivity contribution is 0.0924. The molecule has 3 rings (SSSR count). The highest BCUT2D eigenvalue weighted by atomic mass is 79.9. The van der Waals surface area contributed by atoms with Gasteiger partial charge in [-0.05, 0) is 34.1 Å². The van der Waals surface area contributed by atoms with E-state index in [4.69, 9.17) is 23.2 Å². The monoisotopic (exact) mass is 387 g/mol. The zero-order chi connectivity index (χ0) is 15.3. The van der Waals surface area contributed by atoms with Crippen LogP contribution in [0.3, 0.4) is 0 Å². The zero-order valence-corrected chi connectivity index (χ0v) is 13.3. The van der Waals surface area contributed by atoms with Crippen LogP contribution in [-0.4, -0.2) is 11.8 Å². The fraction of sp³-hybridized carbons (Fsp3) is 0. The Morgan fingerprint density at radius 3 is 2.10 bits per heavy atom. The minimum Gasteiger partial charge on any atom is -0.268 e. The molecule has 0 saturated carbocycles. The first-order valence-corrected chi connectivity index (χ1v) is 7.29. The smallest absolute Gasteiger partial charge is 0.266 e. The van der Waals surface area contributed by atoms with Crippen LogP contribution < -0.4 is 4.90 Å². The first-order valence-electron chi connectivity index (χ1n) is 5.74. The van der Waals surface area contributed by atoms with Crippen molar-refractivity contribution in [3.63, 3.8) is 0 Å². The van der Waals surface area contributed by atoms with Gasteiger partial charge in [-0.1, -0.05) is 35.3 Å². The molecule has 0 aromatic heterocycles. The molecule has 0 bridgehead atoms. The molecular formula is C14H5BrCl2FNO2. The maximum absolute atomic E-state index is 14.4. The maximum Gasteiger partial charge on any atom is 0.266 e. The summed E-state index contributed by atoms with van der Waals surface area (Å²) in [5.74, 6) is -2.13. The number of fused-ring (bicyclic) bond motifs is 1. The van der Waals surface area contributed by atoms with E-state index in [-0.39, 0.29) is 31.3 Å². The minimum atomic E-state index is -0.925. The molecule has 0 unspecified atom stereocenters. The number of benzene rings is 2. The molecular weight excluding hydrogens is 384 g/mol. The Labute approximate surface area is 137 Å². The van der Waals surface area contributed by atoms with Crippen molar-refractivity contribution in [3.8, 4) is 0 Å². The van der Waals surface area contributed by atoms with Crippen molar-refractivity contribution in [1.82, 2.24) is 0 Å². The van der Waals surface area contributed by atoms with Crippen molar-refractivity contribution in [2.75, 3.05) is 4.90 Å². The molecule has 2 aromatic carbocycles. The van der Waals surface area contributed by atoms with Crippen molar-refractivity contribution in [2.24, 2.45) is 0 Å². The highest BCUT2D eigenvalue weighted by Crippen LogP contribution is 2.41. The number of hydrogen-bond donors (Lipinski definition) is 0. The van der Waals surface area contributed by atoms with E-state index in [0.29, 0.717) is 0 Å². The van der Waals surface area contributed by atoms with Crippen LogP contribution in [0.4, 0.5) is 10.1 Å². The van der Waals surface area contributed by atoms with Gasteiger partial charge in [0.05, 0.1) is 21.2 Å². The number of nitrogens with zero attached hydrogens (tertiary/aromatic N) is 1. The molecule has 7 heteroatoms. The molecule has 0 spiro atoms. The number of anilines is 1.